The van der Waals surface area contributed by atoms with Crippen molar-refractivity contribution in [2.75, 3.05) is 0 Å². The molecule has 1 aromatic heterocycles. The van der Waals surface area contributed by atoms with Crippen LogP contribution < -0.4 is 4.74 Å². The first kappa shape index (κ1) is 13.7. The van der Waals surface area contributed by atoms with E-state index in [1.807, 2.05) is 12.1 Å². The highest BCUT2D eigenvalue weighted by molar-refractivity contribution is 7.98. The molecule has 0 radical (unpaired) electrons. The lowest BCUT2D eigenvalue weighted by Crippen LogP contribution is -2.16. The van der Waals surface area contributed by atoms with Crippen LogP contribution in [0.15, 0.2) is 53.7 Å². The fraction of sp³-hybridized carbons (Fsp3) is 0.154. The van der Waals surface area contributed by atoms with Crippen LogP contribution in [0.3, 0.4) is 0 Å². The van der Waals surface area contributed by atoms with Crippen LogP contribution >= 0.6 is 11.8 Å². The summed E-state index contributed by atoms with van der Waals surface area (Å²) in [7, 11) is 0. The predicted octanol–water partition coefficient (Wildman–Crippen LogP) is 4.27. The fourth-order valence-electron chi connectivity index (χ4n) is 1.38. The molecule has 0 spiro atoms. The van der Waals surface area contributed by atoms with Crippen LogP contribution in [-0.4, -0.2) is 11.3 Å². The van der Waals surface area contributed by atoms with Crippen LogP contribution in [0.25, 0.3) is 0 Å². The zero-order chi connectivity index (χ0) is 13.7. The third kappa shape index (κ3) is 4.82. The van der Waals surface area contributed by atoms with Gasteiger partial charge >= 0.3 is 6.36 Å². The average molecular weight is 285 g/mol. The van der Waals surface area contributed by atoms with Gasteiger partial charge in [0.05, 0.1) is 0 Å². The van der Waals surface area contributed by atoms with Gasteiger partial charge in [0.15, 0.2) is 0 Å². The molecule has 0 aliphatic heterocycles. The normalized spacial score (nSPS) is 11.3. The summed E-state index contributed by atoms with van der Waals surface area (Å²) in [4.78, 5) is 4.79. The highest BCUT2D eigenvalue weighted by Crippen LogP contribution is 2.27. The first-order chi connectivity index (χ1) is 9.03. The molecule has 2 aromatic rings. The quantitative estimate of drug-likeness (QED) is 0.783. The van der Waals surface area contributed by atoms with E-state index in [4.69, 9.17) is 0 Å². The van der Waals surface area contributed by atoms with Crippen LogP contribution in [-0.2, 0) is 5.75 Å². The SMILES string of the molecule is FC(F)(F)Oc1ccc(SCc2ccncc2)cc1. The van der Waals surface area contributed by atoms with E-state index in [1.165, 1.54) is 23.9 Å². The fourth-order valence-corrected chi connectivity index (χ4v) is 2.24. The van der Waals surface area contributed by atoms with E-state index in [-0.39, 0.29) is 5.75 Å². The summed E-state index contributed by atoms with van der Waals surface area (Å²) >= 11 is 1.54. The summed E-state index contributed by atoms with van der Waals surface area (Å²) in [5, 5.41) is 0. The summed E-state index contributed by atoms with van der Waals surface area (Å²) in [6.07, 6.45) is -1.24. The number of benzene rings is 1. The maximum Gasteiger partial charge on any atom is 0.573 e. The van der Waals surface area contributed by atoms with Gasteiger partial charge in [-0.05, 0) is 42.0 Å². The molecular weight excluding hydrogens is 275 g/mol. The van der Waals surface area contributed by atoms with Crippen molar-refractivity contribution < 1.29 is 17.9 Å². The molecule has 0 saturated carbocycles. The monoisotopic (exact) mass is 285 g/mol. The largest absolute Gasteiger partial charge is 0.573 e. The van der Waals surface area contributed by atoms with E-state index < -0.39 is 6.36 Å². The van der Waals surface area contributed by atoms with E-state index in [9.17, 15) is 13.2 Å². The van der Waals surface area contributed by atoms with Gasteiger partial charge in [-0.2, -0.15) is 0 Å². The van der Waals surface area contributed by atoms with Gasteiger partial charge in [-0.15, -0.1) is 24.9 Å². The topological polar surface area (TPSA) is 22.1 Å². The third-order valence-electron chi connectivity index (χ3n) is 2.21. The molecule has 1 aromatic carbocycles. The molecule has 0 unspecified atom stereocenters. The number of nitrogens with zero attached hydrogens (tertiary/aromatic N) is 1. The molecular formula is C13H10F3NOS. The molecule has 0 N–H and O–H groups in total. The van der Waals surface area contributed by atoms with Crippen molar-refractivity contribution in [3.05, 3.63) is 54.4 Å². The smallest absolute Gasteiger partial charge is 0.406 e. The Balaban J connectivity index is 1.92. The van der Waals surface area contributed by atoms with Crippen molar-refractivity contribution in [2.24, 2.45) is 0 Å². The Hall–Kier alpha value is -1.69. The molecule has 2 nitrogen and oxygen atoms in total. The summed E-state index contributed by atoms with van der Waals surface area (Å²) in [6, 6.07) is 9.62. The molecule has 0 aliphatic rings. The van der Waals surface area contributed by atoms with E-state index in [0.717, 1.165) is 16.2 Å². The number of alkyl halides is 3. The molecule has 0 aliphatic carbocycles. The van der Waals surface area contributed by atoms with Crippen LogP contribution in [0, 0.1) is 0 Å². The first-order valence-corrected chi connectivity index (χ1v) is 6.39. The Bertz CT molecular complexity index is 514. The van der Waals surface area contributed by atoms with Crippen molar-refractivity contribution >= 4 is 11.8 Å². The second-order valence-corrected chi connectivity index (χ2v) is 4.71. The number of thioether (sulfide) groups is 1. The van der Waals surface area contributed by atoms with Gasteiger partial charge in [0, 0.05) is 23.0 Å². The van der Waals surface area contributed by atoms with E-state index in [1.54, 1.807) is 24.5 Å². The number of rotatable bonds is 4. The Morgan fingerprint density at radius 3 is 2.21 bits per heavy atom. The van der Waals surface area contributed by atoms with Crippen molar-refractivity contribution in [2.45, 2.75) is 17.0 Å². The minimum atomic E-state index is -4.65. The van der Waals surface area contributed by atoms with Gasteiger partial charge in [0.25, 0.3) is 0 Å². The summed E-state index contributed by atoms with van der Waals surface area (Å²) < 4.78 is 39.7. The molecule has 6 heteroatoms. The third-order valence-corrected chi connectivity index (χ3v) is 3.30. The molecule has 0 atom stereocenters. The minimum absolute atomic E-state index is 0.208. The van der Waals surface area contributed by atoms with Crippen molar-refractivity contribution in [3.8, 4) is 5.75 Å². The lowest BCUT2D eigenvalue weighted by Gasteiger charge is -2.09. The molecule has 0 fully saturated rings. The van der Waals surface area contributed by atoms with Crippen molar-refractivity contribution in [1.82, 2.24) is 4.98 Å². The Morgan fingerprint density at radius 2 is 1.63 bits per heavy atom. The van der Waals surface area contributed by atoms with E-state index in [0.29, 0.717) is 0 Å². The Labute approximate surface area is 112 Å². The lowest BCUT2D eigenvalue weighted by molar-refractivity contribution is -0.274. The molecule has 0 saturated heterocycles. The zero-order valence-corrected chi connectivity index (χ0v) is 10.5. The summed E-state index contributed by atoms with van der Waals surface area (Å²) in [6.45, 7) is 0. The Kier molecular flexibility index (Phi) is 4.31. The van der Waals surface area contributed by atoms with Crippen molar-refractivity contribution in [3.63, 3.8) is 0 Å². The number of aromatic nitrogens is 1. The van der Waals surface area contributed by atoms with Crippen LogP contribution in [0.4, 0.5) is 13.2 Å². The van der Waals surface area contributed by atoms with Crippen LogP contribution in [0.5, 0.6) is 5.75 Å². The maximum absolute atomic E-state index is 12.0. The number of hydrogen-bond donors (Lipinski definition) is 0. The molecule has 0 amide bonds. The van der Waals surface area contributed by atoms with Gasteiger partial charge in [-0.3, -0.25) is 4.98 Å². The molecule has 19 heavy (non-hydrogen) atoms. The van der Waals surface area contributed by atoms with Crippen molar-refractivity contribution in [1.29, 1.82) is 0 Å². The number of hydrogen-bond acceptors (Lipinski definition) is 3. The maximum atomic E-state index is 12.0. The second kappa shape index (κ2) is 5.97. The highest BCUT2D eigenvalue weighted by Gasteiger charge is 2.30. The zero-order valence-electron chi connectivity index (χ0n) is 9.72. The summed E-state index contributed by atoms with van der Waals surface area (Å²) in [5.74, 6) is 0.530. The molecule has 0 bridgehead atoms. The molecule has 2 rings (SSSR count). The van der Waals surface area contributed by atoms with Gasteiger partial charge in [-0.25, -0.2) is 0 Å². The summed E-state index contributed by atoms with van der Waals surface area (Å²) in [5.41, 5.74) is 1.11. The minimum Gasteiger partial charge on any atom is -0.406 e. The molecule has 100 valence electrons. The van der Waals surface area contributed by atoms with Gasteiger partial charge in [-0.1, -0.05) is 0 Å². The average Bonchev–Trinajstić information content (AvgIpc) is 2.37. The lowest BCUT2D eigenvalue weighted by atomic mass is 10.3. The second-order valence-electron chi connectivity index (χ2n) is 3.66. The number of halogens is 3. The van der Waals surface area contributed by atoms with Gasteiger partial charge in [0.1, 0.15) is 5.75 Å². The predicted molar refractivity (Wildman–Crippen MR) is 66.9 cm³/mol. The van der Waals surface area contributed by atoms with E-state index in [2.05, 4.69) is 9.72 Å². The van der Waals surface area contributed by atoms with E-state index >= 15 is 0 Å². The number of pyridine rings is 1. The van der Waals surface area contributed by atoms with Gasteiger partial charge in [0.2, 0.25) is 0 Å². The Morgan fingerprint density at radius 1 is 1.00 bits per heavy atom. The van der Waals surface area contributed by atoms with Crippen LogP contribution in [0.2, 0.25) is 0 Å². The number of ether oxygens (including phenoxy) is 1. The van der Waals surface area contributed by atoms with Gasteiger partial charge < -0.3 is 4.74 Å². The standard InChI is InChI=1S/C13H10F3NOS/c14-13(15,16)18-11-1-3-12(4-2-11)19-9-10-5-7-17-8-6-10/h1-8H,9H2. The highest BCUT2D eigenvalue weighted by atomic mass is 32.2. The first-order valence-electron chi connectivity index (χ1n) is 5.40. The molecule has 1 heterocycles. The van der Waals surface area contributed by atoms with Crippen LogP contribution in [0.1, 0.15) is 5.56 Å².